The number of likely N-dealkylation sites (N-methyl/N-ethyl adjacent to an activating group) is 1. The Kier molecular flexibility index (Phi) is 7.99. The number of benzene rings is 1. The molecule has 1 aromatic rings. The SMILES string of the molecule is CCNC(=O)c1ccc(NC(=O)NCCN(CC)CC)cc1. The minimum atomic E-state index is -0.238. The molecule has 0 unspecified atom stereocenters. The molecule has 0 atom stereocenters. The van der Waals surface area contributed by atoms with E-state index in [9.17, 15) is 9.59 Å². The number of hydrogen-bond donors (Lipinski definition) is 3. The average molecular weight is 306 g/mol. The van der Waals surface area contributed by atoms with Crippen LogP contribution in [0.25, 0.3) is 0 Å². The van der Waals surface area contributed by atoms with Crippen molar-refractivity contribution in [2.24, 2.45) is 0 Å². The summed E-state index contributed by atoms with van der Waals surface area (Å²) in [5.41, 5.74) is 1.24. The number of hydrogen-bond acceptors (Lipinski definition) is 3. The second kappa shape index (κ2) is 9.78. The number of carbonyl (C=O) groups is 2. The molecular formula is C16H26N4O2. The molecule has 6 nitrogen and oxygen atoms in total. The lowest BCUT2D eigenvalue weighted by atomic mass is 10.2. The van der Waals surface area contributed by atoms with Gasteiger partial charge in [0.15, 0.2) is 0 Å². The molecule has 0 saturated carbocycles. The fraction of sp³-hybridized carbons (Fsp3) is 0.500. The van der Waals surface area contributed by atoms with Gasteiger partial charge < -0.3 is 20.9 Å². The van der Waals surface area contributed by atoms with Crippen LogP contribution in [0, 0.1) is 0 Å². The molecule has 0 aliphatic heterocycles. The molecule has 0 radical (unpaired) electrons. The Hall–Kier alpha value is -2.08. The monoisotopic (exact) mass is 306 g/mol. The lowest BCUT2D eigenvalue weighted by Gasteiger charge is -2.18. The molecule has 1 rings (SSSR count). The lowest BCUT2D eigenvalue weighted by molar-refractivity contribution is 0.0956. The number of urea groups is 1. The first-order valence-corrected chi connectivity index (χ1v) is 7.76. The van der Waals surface area contributed by atoms with Crippen molar-refractivity contribution in [1.82, 2.24) is 15.5 Å². The second-order valence-electron chi connectivity index (χ2n) is 4.84. The summed E-state index contributed by atoms with van der Waals surface area (Å²) in [6.45, 7) is 10.0. The Balaban J connectivity index is 2.40. The van der Waals surface area contributed by atoms with Crippen LogP contribution in [-0.2, 0) is 0 Å². The summed E-state index contributed by atoms with van der Waals surface area (Å²) in [4.78, 5) is 25.6. The largest absolute Gasteiger partial charge is 0.352 e. The molecule has 3 N–H and O–H groups in total. The van der Waals surface area contributed by atoms with Crippen LogP contribution >= 0.6 is 0 Å². The minimum Gasteiger partial charge on any atom is -0.352 e. The number of nitrogens with one attached hydrogen (secondary N) is 3. The maximum atomic E-state index is 11.8. The zero-order valence-corrected chi connectivity index (χ0v) is 13.6. The molecule has 1 aromatic carbocycles. The molecule has 0 aliphatic carbocycles. The number of nitrogens with zero attached hydrogens (tertiary/aromatic N) is 1. The van der Waals surface area contributed by atoms with Gasteiger partial charge in [-0.3, -0.25) is 4.79 Å². The molecule has 3 amide bonds. The topological polar surface area (TPSA) is 73.5 Å². The van der Waals surface area contributed by atoms with E-state index < -0.39 is 0 Å². The normalized spacial score (nSPS) is 10.4. The zero-order chi connectivity index (χ0) is 16.4. The van der Waals surface area contributed by atoms with Crippen LogP contribution in [-0.4, -0.2) is 49.6 Å². The highest BCUT2D eigenvalue weighted by Gasteiger charge is 2.06. The number of carbonyl (C=O) groups excluding carboxylic acids is 2. The average Bonchev–Trinajstić information content (AvgIpc) is 2.52. The summed E-state index contributed by atoms with van der Waals surface area (Å²) in [5.74, 6) is -0.113. The molecule has 6 heteroatoms. The van der Waals surface area contributed by atoms with Gasteiger partial charge in [-0.15, -0.1) is 0 Å². The molecule has 0 fully saturated rings. The molecule has 0 heterocycles. The predicted octanol–water partition coefficient (Wildman–Crippen LogP) is 1.90. The number of amides is 3. The molecule has 22 heavy (non-hydrogen) atoms. The van der Waals surface area contributed by atoms with Crippen molar-refractivity contribution in [3.8, 4) is 0 Å². The minimum absolute atomic E-state index is 0.113. The van der Waals surface area contributed by atoms with Gasteiger partial charge >= 0.3 is 6.03 Å². The van der Waals surface area contributed by atoms with Gasteiger partial charge in [-0.1, -0.05) is 13.8 Å². The molecule has 0 spiro atoms. The van der Waals surface area contributed by atoms with Crippen LogP contribution < -0.4 is 16.0 Å². The van der Waals surface area contributed by atoms with Crippen LogP contribution in [0.5, 0.6) is 0 Å². The summed E-state index contributed by atoms with van der Waals surface area (Å²) in [5, 5.41) is 8.29. The second-order valence-corrected chi connectivity index (χ2v) is 4.84. The highest BCUT2D eigenvalue weighted by Crippen LogP contribution is 2.09. The van der Waals surface area contributed by atoms with Gasteiger partial charge in [0.25, 0.3) is 5.91 Å². The van der Waals surface area contributed by atoms with Crippen LogP contribution in [0.2, 0.25) is 0 Å². The quantitative estimate of drug-likeness (QED) is 0.687. The van der Waals surface area contributed by atoms with E-state index in [0.717, 1.165) is 19.6 Å². The first kappa shape index (κ1) is 18.0. The van der Waals surface area contributed by atoms with Gasteiger partial charge in [0.05, 0.1) is 0 Å². The third kappa shape index (κ3) is 6.13. The Bertz CT molecular complexity index is 470. The van der Waals surface area contributed by atoms with Gasteiger partial charge in [0.1, 0.15) is 0 Å². The van der Waals surface area contributed by atoms with Gasteiger partial charge in [-0.2, -0.15) is 0 Å². The van der Waals surface area contributed by atoms with E-state index >= 15 is 0 Å². The van der Waals surface area contributed by atoms with Crippen molar-refractivity contribution in [1.29, 1.82) is 0 Å². The van der Waals surface area contributed by atoms with Gasteiger partial charge in [-0.05, 0) is 44.3 Å². The van der Waals surface area contributed by atoms with Crippen LogP contribution in [0.1, 0.15) is 31.1 Å². The first-order valence-electron chi connectivity index (χ1n) is 7.76. The van der Waals surface area contributed by atoms with Crippen molar-refractivity contribution in [2.45, 2.75) is 20.8 Å². The standard InChI is InChI=1S/C16H26N4O2/c1-4-17-15(21)13-7-9-14(10-8-13)19-16(22)18-11-12-20(5-2)6-3/h7-10H,4-6,11-12H2,1-3H3,(H,17,21)(H2,18,19,22). The molecular weight excluding hydrogens is 280 g/mol. The highest BCUT2D eigenvalue weighted by molar-refractivity contribution is 5.95. The number of rotatable bonds is 8. The van der Waals surface area contributed by atoms with Gasteiger partial charge in [0, 0.05) is 30.9 Å². The Morgan fingerprint density at radius 2 is 1.64 bits per heavy atom. The van der Waals surface area contributed by atoms with Crippen molar-refractivity contribution < 1.29 is 9.59 Å². The summed E-state index contributed by atoms with van der Waals surface area (Å²) in [6.07, 6.45) is 0. The molecule has 0 saturated heterocycles. The number of anilines is 1. The zero-order valence-electron chi connectivity index (χ0n) is 13.6. The maximum absolute atomic E-state index is 11.8. The van der Waals surface area contributed by atoms with E-state index in [-0.39, 0.29) is 11.9 Å². The van der Waals surface area contributed by atoms with E-state index in [2.05, 4.69) is 34.7 Å². The summed E-state index contributed by atoms with van der Waals surface area (Å²) in [7, 11) is 0. The summed E-state index contributed by atoms with van der Waals surface area (Å²) in [6, 6.07) is 6.58. The van der Waals surface area contributed by atoms with E-state index in [4.69, 9.17) is 0 Å². The van der Waals surface area contributed by atoms with Gasteiger partial charge in [-0.25, -0.2) is 4.79 Å². The van der Waals surface area contributed by atoms with Crippen molar-refractivity contribution >= 4 is 17.6 Å². The Morgan fingerprint density at radius 3 is 2.18 bits per heavy atom. The molecule has 0 aromatic heterocycles. The van der Waals surface area contributed by atoms with Crippen LogP contribution in [0.4, 0.5) is 10.5 Å². The Labute approximate surface area is 132 Å². The fourth-order valence-corrected chi connectivity index (χ4v) is 2.01. The lowest BCUT2D eigenvalue weighted by Crippen LogP contribution is -2.36. The fourth-order valence-electron chi connectivity index (χ4n) is 2.01. The smallest absolute Gasteiger partial charge is 0.319 e. The maximum Gasteiger partial charge on any atom is 0.319 e. The van der Waals surface area contributed by atoms with E-state index in [1.54, 1.807) is 24.3 Å². The van der Waals surface area contributed by atoms with Gasteiger partial charge in [0.2, 0.25) is 0 Å². The molecule has 0 aliphatic rings. The van der Waals surface area contributed by atoms with E-state index in [1.807, 2.05) is 6.92 Å². The van der Waals surface area contributed by atoms with E-state index in [1.165, 1.54) is 0 Å². The van der Waals surface area contributed by atoms with Crippen LogP contribution in [0.3, 0.4) is 0 Å². The van der Waals surface area contributed by atoms with Crippen molar-refractivity contribution in [3.05, 3.63) is 29.8 Å². The molecule has 0 bridgehead atoms. The van der Waals surface area contributed by atoms with E-state index in [0.29, 0.717) is 24.3 Å². The third-order valence-electron chi connectivity index (χ3n) is 3.35. The highest BCUT2D eigenvalue weighted by atomic mass is 16.2. The van der Waals surface area contributed by atoms with Crippen molar-refractivity contribution in [2.75, 3.05) is 38.0 Å². The third-order valence-corrected chi connectivity index (χ3v) is 3.35. The predicted molar refractivity (Wildman–Crippen MR) is 89.3 cm³/mol. The first-order chi connectivity index (χ1) is 10.6. The van der Waals surface area contributed by atoms with Crippen LogP contribution in [0.15, 0.2) is 24.3 Å². The molecule has 122 valence electrons. The summed E-state index contributed by atoms with van der Waals surface area (Å²) < 4.78 is 0. The summed E-state index contributed by atoms with van der Waals surface area (Å²) >= 11 is 0. The Morgan fingerprint density at radius 1 is 1.00 bits per heavy atom. The van der Waals surface area contributed by atoms with Crippen molar-refractivity contribution in [3.63, 3.8) is 0 Å².